The van der Waals surface area contributed by atoms with Crippen LogP contribution in [-0.4, -0.2) is 7.11 Å². The minimum absolute atomic E-state index is 0.932. The monoisotopic (exact) mass is 254 g/mol. The summed E-state index contributed by atoms with van der Waals surface area (Å²) in [6.07, 6.45) is 0. The van der Waals surface area contributed by atoms with Crippen molar-refractivity contribution in [2.45, 2.75) is 34.6 Å². The molecule has 1 nitrogen and oxygen atoms in total. The molecule has 0 heterocycles. The molecule has 0 aliphatic rings. The third-order valence-electron chi connectivity index (χ3n) is 3.67. The summed E-state index contributed by atoms with van der Waals surface area (Å²) in [6, 6.07) is 8.74. The summed E-state index contributed by atoms with van der Waals surface area (Å²) in [5.41, 5.74) is 9.25. The van der Waals surface area contributed by atoms with Crippen LogP contribution >= 0.6 is 0 Å². The Morgan fingerprint density at radius 2 is 1.00 bits per heavy atom. The predicted octanol–water partition coefficient (Wildman–Crippen LogP) is 4.90. The van der Waals surface area contributed by atoms with E-state index in [1.165, 1.54) is 38.9 Å². The second-order valence-electron chi connectivity index (χ2n) is 5.41. The molecule has 19 heavy (non-hydrogen) atoms. The molecule has 0 aliphatic heterocycles. The van der Waals surface area contributed by atoms with E-state index in [2.05, 4.69) is 58.9 Å². The molecule has 100 valence electrons. The topological polar surface area (TPSA) is 9.23 Å². The SMILES string of the molecule is COc1cc(C)c(-c2c(C)cc(C)cc2C)c(C)c1. The van der Waals surface area contributed by atoms with Gasteiger partial charge in [0.1, 0.15) is 5.75 Å². The standard InChI is InChI=1S/C18H22O/c1-11-7-12(2)17(13(3)8-11)18-14(4)9-16(19-6)10-15(18)5/h7-10H,1-6H3. The van der Waals surface area contributed by atoms with E-state index in [9.17, 15) is 0 Å². The lowest BCUT2D eigenvalue weighted by Crippen LogP contribution is -1.96. The molecule has 1 heteroatoms. The van der Waals surface area contributed by atoms with Crippen LogP contribution in [0.15, 0.2) is 24.3 Å². The predicted molar refractivity (Wildman–Crippen MR) is 82.1 cm³/mol. The highest BCUT2D eigenvalue weighted by atomic mass is 16.5. The van der Waals surface area contributed by atoms with Gasteiger partial charge in [-0.05, 0) is 80.1 Å². The van der Waals surface area contributed by atoms with Crippen LogP contribution in [0.4, 0.5) is 0 Å². The van der Waals surface area contributed by atoms with E-state index in [4.69, 9.17) is 4.74 Å². The normalized spacial score (nSPS) is 10.6. The van der Waals surface area contributed by atoms with Crippen LogP contribution in [0, 0.1) is 34.6 Å². The van der Waals surface area contributed by atoms with Crippen molar-refractivity contribution >= 4 is 0 Å². The largest absolute Gasteiger partial charge is 0.497 e. The zero-order valence-electron chi connectivity index (χ0n) is 12.7. The number of benzene rings is 2. The first-order valence-corrected chi connectivity index (χ1v) is 6.67. The van der Waals surface area contributed by atoms with Crippen molar-refractivity contribution in [3.63, 3.8) is 0 Å². The Bertz CT molecular complexity index is 578. The quantitative estimate of drug-likeness (QED) is 0.740. The molecule has 0 N–H and O–H groups in total. The lowest BCUT2D eigenvalue weighted by atomic mass is 9.88. The summed E-state index contributed by atoms with van der Waals surface area (Å²) >= 11 is 0. The first kappa shape index (κ1) is 13.7. The van der Waals surface area contributed by atoms with Gasteiger partial charge in [-0.1, -0.05) is 17.7 Å². The third kappa shape index (κ3) is 2.51. The molecule has 0 amide bonds. The Morgan fingerprint density at radius 1 is 0.632 bits per heavy atom. The van der Waals surface area contributed by atoms with Gasteiger partial charge in [0.15, 0.2) is 0 Å². The van der Waals surface area contributed by atoms with Gasteiger partial charge >= 0.3 is 0 Å². The molecule has 0 spiro atoms. The maximum atomic E-state index is 5.35. The molecule has 2 aromatic rings. The molecule has 0 saturated carbocycles. The molecular weight excluding hydrogens is 232 g/mol. The summed E-state index contributed by atoms with van der Waals surface area (Å²) in [6.45, 7) is 10.8. The smallest absolute Gasteiger partial charge is 0.119 e. The maximum Gasteiger partial charge on any atom is 0.119 e. The molecule has 0 saturated heterocycles. The summed E-state index contributed by atoms with van der Waals surface area (Å²) < 4.78 is 5.35. The molecule has 2 aromatic carbocycles. The minimum atomic E-state index is 0.932. The molecule has 2 rings (SSSR count). The van der Waals surface area contributed by atoms with Crippen LogP contribution < -0.4 is 4.74 Å². The van der Waals surface area contributed by atoms with E-state index in [-0.39, 0.29) is 0 Å². The van der Waals surface area contributed by atoms with Crippen LogP contribution in [0.1, 0.15) is 27.8 Å². The van der Waals surface area contributed by atoms with E-state index >= 15 is 0 Å². The second kappa shape index (κ2) is 5.08. The third-order valence-corrected chi connectivity index (χ3v) is 3.67. The van der Waals surface area contributed by atoms with Crippen LogP contribution in [0.3, 0.4) is 0 Å². The van der Waals surface area contributed by atoms with E-state index in [0.717, 1.165) is 5.75 Å². The van der Waals surface area contributed by atoms with Gasteiger partial charge in [-0.2, -0.15) is 0 Å². The minimum Gasteiger partial charge on any atom is -0.497 e. The highest BCUT2D eigenvalue weighted by Crippen LogP contribution is 2.35. The van der Waals surface area contributed by atoms with Crippen molar-refractivity contribution in [3.05, 3.63) is 52.1 Å². The molecule has 0 unspecified atom stereocenters. The van der Waals surface area contributed by atoms with Gasteiger partial charge in [0.2, 0.25) is 0 Å². The van der Waals surface area contributed by atoms with Crippen molar-refractivity contribution in [1.29, 1.82) is 0 Å². The number of hydrogen-bond acceptors (Lipinski definition) is 1. The molecule has 0 fully saturated rings. The first-order chi connectivity index (χ1) is 8.93. The lowest BCUT2D eigenvalue weighted by Gasteiger charge is -2.17. The molecule has 0 bridgehead atoms. The Kier molecular flexibility index (Phi) is 3.66. The van der Waals surface area contributed by atoms with E-state index < -0.39 is 0 Å². The van der Waals surface area contributed by atoms with Crippen molar-refractivity contribution in [1.82, 2.24) is 0 Å². The zero-order chi connectivity index (χ0) is 14.2. The van der Waals surface area contributed by atoms with Crippen molar-refractivity contribution < 1.29 is 4.74 Å². The van der Waals surface area contributed by atoms with Crippen LogP contribution in [0.25, 0.3) is 11.1 Å². The Labute approximate surface area is 116 Å². The summed E-state index contributed by atoms with van der Waals surface area (Å²) in [4.78, 5) is 0. The average Bonchev–Trinajstić information content (AvgIpc) is 2.31. The fourth-order valence-electron chi connectivity index (χ4n) is 3.01. The summed E-state index contributed by atoms with van der Waals surface area (Å²) in [7, 11) is 1.72. The van der Waals surface area contributed by atoms with Crippen LogP contribution in [-0.2, 0) is 0 Å². The van der Waals surface area contributed by atoms with Crippen molar-refractivity contribution in [2.24, 2.45) is 0 Å². The van der Waals surface area contributed by atoms with Gasteiger partial charge in [0.05, 0.1) is 7.11 Å². The highest BCUT2D eigenvalue weighted by molar-refractivity contribution is 5.77. The molecule has 0 radical (unpaired) electrons. The number of ether oxygens (including phenoxy) is 1. The van der Waals surface area contributed by atoms with Gasteiger partial charge in [-0.15, -0.1) is 0 Å². The van der Waals surface area contributed by atoms with Crippen LogP contribution in [0.2, 0.25) is 0 Å². The number of rotatable bonds is 2. The summed E-state index contributed by atoms with van der Waals surface area (Å²) in [5, 5.41) is 0. The van der Waals surface area contributed by atoms with Crippen molar-refractivity contribution in [3.8, 4) is 16.9 Å². The summed E-state index contributed by atoms with van der Waals surface area (Å²) in [5.74, 6) is 0.932. The van der Waals surface area contributed by atoms with Gasteiger partial charge in [-0.25, -0.2) is 0 Å². The van der Waals surface area contributed by atoms with Gasteiger partial charge in [-0.3, -0.25) is 0 Å². The van der Waals surface area contributed by atoms with E-state index in [1.807, 2.05) is 0 Å². The van der Waals surface area contributed by atoms with Gasteiger partial charge in [0.25, 0.3) is 0 Å². The number of aryl methyl sites for hydroxylation is 5. The van der Waals surface area contributed by atoms with Gasteiger partial charge in [0, 0.05) is 0 Å². The molecule has 0 atom stereocenters. The number of hydrogen-bond donors (Lipinski definition) is 0. The zero-order valence-corrected chi connectivity index (χ0v) is 12.7. The van der Waals surface area contributed by atoms with E-state index in [0.29, 0.717) is 0 Å². The first-order valence-electron chi connectivity index (χ1n) is 6.67. The maximum absolute atomic E-state index is 5.35. The molecule has 0 aromatic heterocycles. The fraction of sp³-hybridized carbons (Fsp3) is 0.333. The van der Waals surface area contributed by atoms with Crippen molar-refractivity contribution in [2.75, 3.05) is 7.11 Å². The average molecular weight is 254 g/mol. The lowest BCUT2D eigenvalue weighted by molar-refractivity contribution is 0.414. The fourth-order valence-corrected chi connectivity index (χ4v) is 3.01. The Morgan fingerprint density at radius 3 is 1.37 bits per heavy atom. The van der Waals surface area contributed by atoms with Crippen LogP contribution in [0.5, 0.6) is 5.75 Å². The van der Waals surface area contributed by atoms with E-state index in [1.54, 1.807) is 7.11 Å². The Hall–Kier alpha value is -1.76. The second-order valence-corrected chi connectivity index (χ2v) is 5.41. The highest BCUT2D eigenvalue weighted by Gasteiger charge is 2.13. The number of methoxy groups -OCH3 is 1. The van der Waals surface area contributed by atoms with Gasteiger partial charge < -0.3 is 4.74 Å². The Balaban J connectivity index is 2.73. The molecule has 0 aliphatic carbocycles. The molecular formula is C18H22O.